The SMILES string of the molecule is CCNC(=NCc1ccc(N(CC)CC)nc1)NC1CCS(=O)(=O)C1. The lowest BCUT2D eigenvalue weighted by Crippen LogP contribution is -2.44. The van der Waals surface area contributed by atoms with Crippen LogP contribution in [-0.2, 0) is 16.4 Å². The summed E-state index contributed by atoms with van der Waals surface area (Å²) >= 11 is 0. The molecule has 7 nitrogen and oxygen atoms in total. The zero-order chi connectivity index (χ0) is 18.3. The Labute approximate surface area is 150 Å². The van der Waals surface area contributed by atoms with E-state index in [2.05, 4.69) is 39.4 Å². The highest BCUT2D eigenvalue weighted by Gasteiger charge is 2.28. The van der Waals surface area contributed by atoms with Crippen LogP contribution in [-0.4, -0.2) is 56.5 Å². The van der Waals surface area contributed by atoms with Crippen molar-refractivity contribution in [3.05, 3.63) is 23.9 Å². The third-order valence-electron chi connectivity index (χ3n) is 4.23. The van der Waals surface area contributed by atoms with Crippen molar-refractivity contribution >= 4 is 21.6 Å². The zero-order valence-corrected chi connectivity index (χ0v) is 16.1. The number of sulfone groups is 1. The molecule has 0 saturated carbocycles. The molecule has 1 aliphatic heterocycles. The quantitative estimate of drug-likeness (QED) is 0.556. The molecule has 1 unspecified atom stereocenters. The predicted octanol–water partition coefficient (Wildman–Crippen LogP) is 1.17. The first-order chi connectivity index (χ1) is 12.0. The number of aromatic nitrogens is 1. The summed E-state index contributed by atoms with van der Waals surface area (Å²) in [7, 11) is -2.90. The lowest BCUT2D eigenvalue weighted by molar-refractivity contribution is 0.599. The Hall–Kier alpha value is -1.83. The van der Waals surface area contributed by atoms with Crippen LogP contribution in [0.1, 0.15) is 32.8 Å². The van der Waals surface area contributed by atoms with E-state index >= 15 is 0 Å². The molecule has 0 aromatic carbocycles. The summed E-state index contributed by atoms with van der Waals surface area (Å²) in [5.74, 6) is 2.05. The van der Waals surface area contributed by atoms with E-state index in [0.29, 0.717) is 18.9 Å². The number of rotatable bonds is 7. The molecule has 140 valence electrons. The molecule has 2 heterocycles. The van der Waals surface area contributed by atoms with Gasteiger partial charge in [-0.3, -0.25) is 0 Å². The Kier molecular flexibility index (Phi) is 7.04. The molecule has 2 N–H and O–H groups in total. The van der Waals surface area contributed by atoms with Crippen molar-refractivity contribution in [1.29, 1.82) is 0 Å². The molecule has 1 fully saturated rings. The number of anilines is 1. The van der Waals surface area contributed by atoms with Crippen LogP contribution in [0.4, 0.5) is 5.82 Å². The Balaban J connectivity index is 1.98. The molecule has 0 bridgehead atoms. The molecule has 1 aliphatic rings. The van der Waals surface area contributed by atoms with E-state index in [0.717, 1.165) is 31.0 Å². The second-order valence-electron chi connectivity index (χ2n) is 6.14. The Morgan fingerprint density at radius 2 is 2.08 bits per heavy atom. The van der Waals surface area contributed by atoms with Gasteiger partial charge in [0, 0.05) is 31.9 Å². The first kappa shape index (κ1) is 19.5. The van der Waals surface area contributed by atoms with Crippen LogP contribution in [0.5, 0.6) is 0 Å². The summed E-state index contributed by atoms with van der Waals surface area (Å²) in [5, 5.41) is 6.39. The second-order valence-corrected chi connectivity index (χ2v) is 8.37. The predicted molar refractivity (Wildman–Crippen MR) is 103 cm³/mol. The molecular weight excluding hydrogens is 338 g/mol. The van der Waals surface area contributed by atoms with Crippen molar-refractivity contribution < 1.29 is 8.42 Å². The van der Waals surface area contributed by atoms with Crippen LogP contribution < -0.4 is 15.5 Å². The fourth-order valence-electron chi connectivity index (χ4n) is 2.84. The van der Waals surface area contributed by atoms with Crippen LogP contribution >= 0.6 is 0 Å². The van der Waals surface area contributed by atoms with E-state index in [-0.39, 0.29) is 17.5 Å². The van der Waals surface area contributed by atoms with Crippen LogP contribution in [0.15, 0.2) is 23.3 Å². The number of guanidine groups is 1. The molecule has 0 amide bonds. The Morgan fingerprint density at radius 3 is 2.60 bits per heavy atom. The standard InChI is InChI=1S/C17H29N5O2S/c1-4-18-17(21-15-9-10-25(23,24)13-15)20-12-14-7-8-16(19-11-14)22(5-2)6-3/h7-8,11,15H,4-6,9-10,12-13H2,1-3H3,(H2,18,20,21). The summed E-state index contributed by atoms with van der Waals surface area (Å²) in [6, 6.07) is 3.99. The van der Waals surface area contributed by atoms with Crippen LogP contribution in [0.3, 0.4) is 0 Å². The van der Waals surface area contributed by atoms with Crippen molar-refractivity contribution in [3.8, 4) is 0 Å². The van der Waals surface area contributed by atoms with E-state index in [4.69, 9.17) is 0 Å². The van der Waals surface area contributed by atoms with E-state index in [1.807, 2.05) is 25.3 Å². The summed E-state index contributed by atoms with van der Waals surface area (Å²) in [5.41, 5.74) is 1.02. The monoisotopic (exact) mass is 367 g/mol. The van der Waals surface area contributed by atoms with Gasteiger partial charge in [-0.2, -0.15) is 0 Å². The fourth-order valence-corrected chi connectivity index (χ4v) is 4.51. The number of hydrogen-bond acceptors (Lipinski definition) is 5. The maximum absolute atomic E-state index is 11.6. The van der Waals surface area contributed by atoms with Crippen LogP contribution in [0, 0.1) is 0 Å². The highest BCUT2D eigenvalue weighted by molar-refractivity contribution is 7.91. The van der Waals surface area contributed by atoms with Crippen molar-refractivity contribution in [1.82, 2.24) is 15.6 Å². The normalized spacial score (nSPS) is 19.6. The molecule has 1 atom stereocenters. The van der Waals surface area contributed by atoms with E-state index in [1.54, 1.807) is 0 Å². The topological polar surface area (TPSA) is 86.7 Å². The molecule has 0 radical (unpaired) electrons. The van der Waals surface area contributed by atoms with Gasteiger partial charge in [-0.25, -0.2) is 18.4 Å². The average molecular weight is 368 g/mol. The fraction of sp³-hybridized carbons (Fsp3) is 0.647. The lowest BCUT2D eigenvalue weighted by Gasteiger charge is -2.19. The van der Waals surface area contributed by atoms with Crippen molar-refractivity contribution in [3.63, 3.8) is 0 Å². The van der Waals surface area contributed by atoms with Crippen molar-refractivity contribution in [2.75, 3.05) is 36.0 Å². The van der Waals surface area contributed by atoms with E-state index in [9.17, 15) is 8.42 Å². The minimum Gasteiger partial charge on any atom is -0.357 e. The molecule has 0 spiro atoms. The summed E-state index contributed by atoms with van der Waals surface area (Å²) < 4.78 is 23.2. The lowest BCUT2D eigenvalue weighted by atomic mass is 10.2. The van der Waals surface area contributed by atoms with Gasteiger partial charge in [-0.05, 0) is 38.8 Å². The van der Waals surface area contributed by atoms with Gasteiger partial charge in [0.2, 0.25) is 0 Å². The number of aliphatic imine (C=N–C) groups is 1. The average Bonchev–Trinajstić information content (AvgIpc) is 2.94. The molecule has 8 heteroatoms. The molecule has 2 rings (SSSR count). The number of hydrogen-bond donors (Lipinski definition) is 2. The molecular formula is C17H29N5O2S. The van der Waals surface area contributed by atoms with E-state index < -0.39 is 9.84 Å². The number of nitrogens with one attached hydrogen (secondary N) is 2. The maximum atomic E-state index is 11.6. The summed E-state index contributed by atoms with van der Waals surface area (Å²) in [4.78, 5) is 11.3. The first-order valence-electron chi connectivity index (χ1n) is 8.92. The molecule has 25 heavy (non-hydrogen) atoms. The Morgan fingerprint density at radius 1 is 1.32 bits per heavy atom. The smallest absolute Gasteiger partial charge is 0.191 e. The molecule has 1 aromatic rings. The third-order valence-corrected chi connectivity index (χ3v) is 6.00. The van der Waals surface area contributed by atoms with Gasteiger partial charge in [0.1, 0.15) is 5.82 Å². The van der Waals surface area contributed by atoms with Gasteiger partial charge in [0.25, 0.3) is 0 Å². The zero-order valence-electron chi connectivity index (χ0n) is 15.3. The number of pyridine rings is 1. The molecule has 0 aliphatic carbocycles. The highest BCUT2D eigenvalue weighted by Crippen LogP contribution is 2.12. The minimum atomic E-state index is -2.90. The first-order valence-corrected chi connectivity index (χ1v) is 10.7. The Bertz CT molecular complexity index is 669. The maximum Gasteiger partial charge on any atom is 0.191 e. The molecule has 1 aromatic heterocycles. The number of nitrogens with zero attached hydrogens (tertiary/aromatic N) is 3. The third kappa shape index (κ3) is 5.88. The summed E-state index contributed by atoms with van der Waals surface area (Å²) in [6.07, 6.45) is 2.48. The van der Waals surface area contributed by atoms with Crippen LogP contribution in [0.2, 0.25) is 0 Å². The highest BCUT2D eigenvalue weighted by atomic mass is 32.2. The van der Waals surface area contributed by atoms with Gasteiger partial charge in [0.15, 0.2) is 15.8 Å². The van der Waals surface area contributed by atoms with Crippen LogP contribution in [0.25, 0.3) is 0 Å². The van der Waals surface area contributed by atoms with Gasteiger partial charge in [-0.15, -0.1) is 0 Å². The largest absolute Gasteiger partial charge is 0.357 e. The van der Waals surface area contributed by atoms with Gasteiger partial charge in [0.05, 0.1) is 18.1 Å². The van der Waals surface area contributed by atoms with Crippen molar-refractivity contribution in [2.24, 2.45) is 4.99 Å². The van der Waals surface area contributed by atoms with E-state index in [1.165, 1.54) is 0 Å². The van der Waals surface area contributed by atoms with Crippen molar-refractivity contribution in [2.45, 2.75) is 39.8 Å². The van der Waals surface area contributed by atoms with Gasteiger partial charge >= 0.3 is 0 Å². The summed E-state index contributed by atoms with van der Waals surface area (Å²) in [6.45, 7) is 9.30. The van der Waals surface area contributed by atoms with Gasteiger partial charge in [-0.1, -0.05) is 6.07 Å². The second kappa shape index (κ2) is 9.03. The van der Waals surface area contributed by atoms with Gasteiger partial charge < -0.3 is 15.5 Å². The molecule has 1 saturated heterocycles. The minimum absolute atomic E-state index is 0.0639.